The van der Waals surface area contributed by atoms with Crippen molar-refractivity contribution in [1.82, 2.24) is 9.88 Å². The van der Waals surface area contributed by atoms with Crippen molar-refractivity contribution >= 4 is 16.7 Å². The Morgan fingerprint density at radius 2 is 1.34 bits per heavy atom. The molecule has 0 aliphatic rings. The molecule has 10 heteroatoms. The van der Waals surface area contributed by atoms with E-state index in [4.69, 9.17) is 0 Å². The standard InChI is InChI=1S/C28H22F6N2O2/c1-15-9-21-22(10-16(15)2)26(38)36(3)24(23(21)18-7-5-4-6-8-18)25(37)35-14-17-11-19(27(29,30)31)13-20(12-17)28(32,33)34/h4-13H,14H2,1-3H3,(H,35,37). The summed E-state index contributed by atoms with van der Waals surface area (Å²) >= 11 is 0. The second-order valence-corrected chi connectivity index (χ2v) is 9.03. The van der Waals surface area contributed by atoms with Gasteiger partial charge in [-0.3, -0.25) is 9.59 Å². The Kier molecular flexibility index (Phi) is 6.86. The zero-order valence-electron chi connectivity index (χ0n) is 20.5. The molecule has 0 bridgehead atoms. The highest BCUT2D eigenvalue weighted by Crippen LogP contribution is 2.36. The van der Waals surface area contributed by atoms with Crippen LogP contribution in [0, 0.1) is 13.8 Å². The molecule has 0 saturated heterocycles. The summed E-state index contributed by atoms with van der Waals surface area (Å²) in [5, 5.41) is 3.29. The molecule has 0 aliphatic carbocycles. The maximum Gasteiger partial charge on any atom is 0.416 e. The Labute approximate surface area is 213 Å². The van der Waals surface area contributed by atoms with Crippen molar-refractivity contribution in [2.75, 3.05) is 0 Å². The number of nitrogens with zero attached hydrogens (tertiary/aromatic N) is 1. The molecule has 1 heterocycles. The average molecular weight is 532 g/mol. The van der Waals surface area contributed by atoms with Gasteiger partial charge in [0.1, 0.15) is 5.69 Å². The number of carbonyl (C=O) groups is 1. The molecule has 0 radical (unpaired) electrons. The molecule has 4 rings (SSSR count). The number of rotatable bonds is 4. The number of carbonyl (C=O) groups excluding carboxylic acids is 1. The third-order valence-corrected chi connectivity index (χ3v) is 6.39. The fourth-order valence-corrected chi connectivity index (χ4v) is 4.33. The van der Waals surface area contributed by atoms with Crippen LogP contribution in [0.1, 0.15) is 38.3 Å². The van der Waals surface area contributed by atoms with Gasteiger partial charge in [0.15, 0.2) is 0 Å². The summed E-state index contributed by atoms with van der Waals surface area (Å²) in [4.78, 5) is 26.6. The first kappa shape index (κ1) is 27.0. The largest absolute Gasteiger partial charge is 0.416 e. The van der Waals surface area contributed by atoms with Gasteiger partial charge in [0.2, 0.25) is 0 Å². The van der Waals surface area contributed by atoms with E-state index < -0.39 is 41.5 Å². The molecule has 1 aromatic heterocycles. The van der Waals surface area contributed by atoms with Gasteiger partial charge in [0.25, 0.3) is 11.5 Å². The highest BCUT2D eigenvalue weighted by atomic mass is 19.4. The molecule has 1 N–H and O–H groups in total. The molecular formula is C28H22F6N2O2. The van der Waals surface area contributed by atoms with Crippen LogP contribution in [-0.2, 0) is 25.9 Å². The van der Waals surface area contributed by atoms with Crippen LogP contribution < -0.4 is 10.9 Å². The van der Waals surface area contributed by atoms with Crippen molar-refractivity contribution < 1.29 is 31.1 Å². The van der Waals surface area contributed by atoms with E-state index in [2.05, 4.69) is 5.32 Å². The summed E-state index contributed by atoms with van der Waals surface area (Å²) < 4.78 is 80.7. The van der Waals surface area contributed by atoms with Gasteiger partial charge in [0, 0.05) is 24.5 Å². The van der Waals surface area contributed by atoms with Crippen LogP contribution in [0.4, 0.5) is 26.3 Å². The molecule has 0 fully saturated rings. The van der Waals surface area contributed by atoms with Crippen LogP contribution in [-0.4, -0.2) is 10.5 Å². The Hall–Kier alpha value is -4.08. The normalized spacial score (nSPS) is 12.1. The van der Waals surface area contributed by atoms with E-state index in [1.165, 1.54) is 7.05 Å². The molecule has 0 aliphatic heterocycles. The van der Waals surface area contributed by atoms with E-state index in [0.717, 1.165) is 15.7 Å². The molecule has 38 heavy (non-hydrogen) atoms. The summed E-state index contributed by atoms with van der Waals surface area (Å²) in [6.45, 7) is 3.08. The molecule has 0 unspecified atom stereocenters. The predicted octanol–water partition coefficient (Wildman–Crippen LogP) is 6.79. The number of aromatic nitrogens is 1. The Morgan fingerprint density at radius 3 is 1.87 bits per heavy atom. The number of nitrogens with one attached hydrogen (secondary N) is 1. The summed E-state index contributed by atoms with van der Waals surface area (Å²) in [7, 11) is 1.39. The molecular weight excluding hydrogens is 510 g/mol. The molecule has 0 saturated carbocycles. The molecule has 1 amide bonds. The fourth-order valence-electron chi connectivity index (χ4n) is 4.33. The first-order chi connectivity index (χ1) is 17.7. The van der Waals surface area contributed by atoms with E-state index in [1.54, 1.807) is 42.5 Å². The van der Waals surface area contributed by atoms with Gasteiger partial charge in [-0.2, -0.15) is 26.3 Å². The van der Waals surface area contributed by atoms with Gasteiger partial charge in [-0.15, -0.1) is 0 Å². The number of amides is 1. The smallest absolute Gasteiger partial charge is 0.347 e. The molecule has 3 aromatic carbocycles. The number of halogens is 6. The zero-order valence-corrected chi connectivity index (χ0v) is 20.5. The Morgan fingerprint density at radius 1 is 0.816 bits per heavy atom. The topological polar surface area (TPSA) is 51.1 Å². The van der Waals surface area contributed by atoms with Crippen molar-refractivity contribution in [1.29, 1.82) is 0 Å². The highest BCUT2D eigenvalue weighted by molar-refractivity contribution is 6.08. The number of pyridine rings is 1. The Balaban J connectivity index is 1.84. The number of aryl methyl sites for hydroxylation is 2. The van der Waals surface area contributed by atoms with Gasteiger partial charge >= 0.3 is 12.4 Å². The van der Waals surface area contributed by atoms with Crippen molar-refractivity contribution in [2.24, 2.45) is 7.05 Å². The van der Waals surface area contributed by atoms with E-state index >= 15 is 0 Å². The van der Waals surface area contributed by atoms with Crippen molar-refractivity contribution in [2.45, 2.75) is 32.7 Å². The van der Waals surface area contributed by atoms with Crippen LogP contribution >= 0.6 is 0 Å². The van der Waals surface area contributed by atoms with E-state index in [1.807, 2.05) is 13.8 Å². The van der Waals surface area contributed by atoms with Gasteiger partial charge < -0.3 is 9.88 Å². The number of alkyl halides is 6. The summed E-state index contributed by atoms with van der Waals surface area (Å²) in [5.41, 5.74) is -1.11. The van der Waals surface area contributed by atoms with Crippen LogP contribution in [0.5, 0.6) is 0 Å². The molecule has 0 atom stereocenters. The van der Waals surface area contributed by atoms with Crippen molar-refractivity contribution in [3.8, 4) is 11.1 Å². The van der Waals surface area contributed by atoms with Crippen LogP contribution in [0.15, 0.2) is 65.5 Å². The van der Waals surface area contributed by atoms with Crippen molar-refractivity contribution in [3.05, 3.63) is 105 Å². The molecule has 0 spiro atoms. The number of benzene rings is 3. The SMILES string of the molecule is Cc1cc2c(-c3ccccc3)c(C(=O)NCc3cc(C(F)(F)F)cc(C(F)(F)F)c3)n(C)c(=O)c2cc1C. The van der Waals surface area contributed by atoms with Gasteiger partial charge in [-0.1, -0.05) is 36.4 Å². The van der Waals surface area contributed by atoms with Crippen molar-refractivity contribution in [3.63, 3.8) is 0 Å². The van der Waals surface area contributed by atoms with E-state index in [9.17, 15) is 35.9 Å². The third kappa shape index (κ3) is 5.16. The van der Waals surface area contributed by atoms with Crippen LogP contribution in [0.3, 0.4) is 0 Å². The van der Waals surface area contributed by atoms with E-state index in [-0.39, 0.29) is 17.3 Å². The fraction of sp³-hybridized carbons (Fsp3) is 0.214. The van der Waals surface area contributed by atoms with Gasteiger partial charge in [0.05, 0.1) is 11.1 Å². The molecule has 4 aromatic rings. The lowest BCUT2D eigenvalue weighted by molar-refractivity contribution is -0.143. The lowest BCUT2D eigenvalue weighted by Gasteiger charge is -2.19. The minimum absolute atomic E-state index is 0.0240. The lowest BCUT2D eigenvalue weighted by atomic mass is 9.93. The second-order valence-electron chi connectivity index (χ2n) is 9.03. The zero-order chi connectivity index (χ0) is 28.0. The summed E-state index contributed by atoms with van der Waals surface area (Å²) in [5.74, 6) is -0.824. The summed E-state index contributed by atoms with van der Waals surface area (Å²) in [6.07, 6.45) is -10.0. The van der Waals surface area contributed by atoms with Crippen LogP contribution in [0.2, 0.25) is 0 Å². The predicted molar refractivity (Wildman–Crippen MR) is 132 cm³/mol. The summed E-state index contributed by atoms with van der Waals surface area (Å²) in [6, 6.07) is 13.4. The van der Waals surface area contributed by atoms with E-state index in [0.29, 0.717) is 34.0 Å². The quantitative estimate of drug-likeness (QED) is 0.294. The van der Waals surface area contributed by atoms with Crippen LogP contribution in [0.25, 0.3) is 21.9 Å². The maximum absolute atomic E-state index is 13.4. The first-order valence-electron chi connectivity index (χ1n) is 11.4. The second kappa shape index (κ2) is 9.66. The number of hydrogen-bond donors (Lipinski definition) is 1. The molecule has 198 valence electrons. The number of fused-ring (bicyclic) bond motifs is 1. The van der Waals surface area contributed by atoms with Gasteiger partial charge in [-0.05, 0) is 65.8 Å². The minimum Gasteiger partial charge on any atom is -0.347 e. The monoisotopic (exact) mass is 532 g/mol. The number of hydrogen-bond acceptors (Lipinski definition) is 2. The third-order valence-electron chi connectivity index (χ3n) is 6.39. The Bertz CT molecular complexity index is 1570. The first-order valence-corrected chi connectivity index (χ1v) is 11.4. The highest BCUT2D eigenvalue weighted by Gasteiger charge is 2.37. The lowest BCUT2D eigenvalue weighted by Crippen LogP contribution is -2.32. The minimum atomic E-state index is -5.02. The van der Waals surface area contributed by atoms with Gasteiger partial charge in [-0.25, -0.2) is 0 Å². The average Bonchev–Trinajstić information content (AvgIpc) is 2.85. The molecule has 4 nitrogen and oxygen atoms in total. The maximum atomic E-state index is 13.4.